The number of aromatic nitrogens is 1. The number of hydrogen-bond donors (Lipinski definition) is 1. The Morgan fingerprint density at radius 3 is 2.94 bits per heavy atom. The first-order chi connectivity index (χ1) is 8.74. The van der Waals surface area contributed by atoms with Gasteiger partial charge in [0.05, 0.1) is 18.2 Å². The average Bonchev–Trinajstić information content (AvgIpc) is 2.43. The molecule has 1 heterocycles. The summed E-state index contributed by atoms with van der Waals surface area (Å²) in [5.41, 5.74) is 1.41. The van der Waals surface area contributed by atoms with Crippen LogP contribution >= 0.6 is 0 Å². The summed E-state index contributed by atoms with van der Waals surface area (Å²) in [5, 5.41) is 3.76. The van der Waals surface area contributed by atoms with Crippen LogP contribution in [-0.2, 0) is 0 Å². The molecule has 94 valence electrons. The summed E-state index contributed by atoms with van der Waals surface area (Å²) in [6.45, 7) is 2.70. The number of hydrogen-bond acceptors (Lipinski definition) is 3. The van der Waals surface area contributed by atoms with E-state index in [1.54, 1.807) is 13.3 Å². The molecule has 0 unspecified atom stereocenters. The Labute approximate surface area is 106 Å². The van der Waals surface area contributed by atoms with Gasteiger partial charge in [-0.1, -0.05) is 6.92 Å². The number of carbonyl (C=O) groups is 1. The number of benzene rings is 1. The minimum Gasteiger partial charge on any atom is -0.497 e. The van der Waals surface area contributed by atoms with Crippen LogP contribution < -0.4 is 10.1 Å². The highest BCUT2D eigenvalue weighted by Gasteiger charge is 2.06. The summed E-state index contributed by atoms with van der Waals surface area (Å²) < 4.78 is 5.13. The Morgan fingerprint density at radius 2 is 2.22 bits per heavy atom. The SMILES string of the molecule is CCCNC(=O)c1cnc2cc(OC)ccc2c1. The van der Waals surface area contributed by atoms with Gasteiger partial charge in [0, 0.05) is 24.2 Å². The molecule has 0 aliphatic heterocycles. The molecular formula is C14H16N2O2. The molecule has 1 aromatic carbocycles. The number of ether oxygens (including phenoxy) is 1. The molecule has 2 rings (SSSR count). The maximum atomic E-state index is 11.8. The van der Waals surface area contributed by atoms with E-state index in [1.807, 2.05) is 31.2 Å². The van der Waals surface area contributed by atoms with Gasteiger partial charge in [0.2, 0.25) is 0 Å². The van der Waals surface area contributed by atoms with Gasteiger partial charge in [0.1, 0.15) is 5.75 Å². The van der Waals surface area contributed by atoms with Crippen LogP contribution in [0.5, 0.6) is 5.75 Å². The van der Waals surface area contributed by atoms with Crippen LogP contribution in [0.1, 0.15) is 23.7 Å². The molecule has 1 amide bonds. The van der Waals surface area contributed by atoms with Gasteiger partial charge < -0.3 is 10.1 Å². The van der Waals surface area contributed by atoms with Crippen molar-refractivity contribution in [1.29, 1.82) is 0 Å². The topological polar surface area (TPSA) is 51.2 Å². The zero-order valence-corrected chi connectivity index (χ0v) is 10.6. The quantitative estimate of drug-likeness (QED) is 0.898. The monoisotopic (exact) mass is 244 g/mol. The number of pyridine rings is 1. The number of rotatable bonds is 4. The van der Waals surface area contributed by atoms with Gasteiger partial charge in [0.25, 0.3) is 5.91 Å². The molecule has 1 aromatic heterocycles. The lowest BCUT2D eigenvalue weighted by Crippen LogP contribution is -2.24. The van der Waals surface area contributed by atoms with Crippen molar-refractivity contribution in [3.05, 3.63) is 36.0 Å². The fourth-order valence-corrected chi connectivity index (χ4v) is 1.69. The van der Waals surface area contributed by atoms with E-state index in [-0.39, 0.29) is 5.91 Å². The molecule has 0 radical (unpaired) electrons. The lowest BCUT2D eigenvalue weighted by molar-refractivity contribution is 0.0953. The number of nitrogens with zero attached hydrogens (tertiary/aromatic N) is 1. The molecule has 4 nitrogen and oxygen atoms in total. The normalized spacial score (nSPS) is 10.3. The Hall–Kier alpha value is -2.10. The Bertz CT molecular complexity index is 567. The summed E-state index contributed by atoms with van der Waals surface area (Å²) in [7, 11) is 1.62. The van der Waals surface area contributed by atoms with E-state index in [1.165, 1.54) is 0 Å². The predicted octanol–water partition coefficient (Wildman–Crippen LogP) is 2.38. The van der Waals surface area contributed by atoms with Gasteiger partial charge in [-0.15, -0.1) is 0 Å². The van der Waals surface area contributed by atoms with Crippen LogP contribution in [0, 0.1) is 0 Å². The molecule has 0 aliphatic rings. The van der Waals surface area contributed by atoms with Crippen molar-refractivity contribution in [2.45, 2.75) is 13.3 Å². The van der Waals surface area contributed by atoms with Gasteiger partial charge in [-0.2, -0.15) is 0 Å². The maximum Gasteiger partial charge on any atom is 0.252 e. The second-order valence-electron chi connectivity index (χ2n) is 4.04. The van der Waals surface area contributed by atoms with Crippen molar-refractivity contribution in [1.82, 2.24) is 10.3 Å². The Kier molecular flexibility index (Phi) is 3.77. The fourth-order valence-electron chi connectivity index (χ4n) is 1.69. The molecule has 0 fully saturated rings. The molecule has 1 N–H and O–H groups in total. The van der Waals surface area contributed by atoms with E-state index in [0.29, 0.717) is 12.1 Å². The molecule has 2 aromatic rings. The summed E-state index contributed by atoms with van der Waals surface area (Å²) in [4.78, 5) is 16.1. The Balaban J connectivity index is 2.30. The summed E-state index contributed by atoms with van der Waals surface area (Å²) >= 11 is 0. The Morgan fingerprint density at radius 1 is 1.39 bits per heavy atom. The van der Waals surface area contributed by atoms with Crippen LogP contribution in [0.3, 0.4) is 0 Å². The maximum absolute atomic E-state index is 11.8. The largest absolute Gasteiger partial charge is 0.497 e. The third kappa shape index (κ3) is 2.59. The zero-order valence-electron chi connectivity index (χ0n) is 10.6. The van der Waals surface area contributed by atoms with E-state index in [2.05, 4.69) is 10.3 Å². The van der Waals surface area contributed by atoms with Crippen LogP contribution in [-0.4, -0.2) is 24.5 Å². The fraction of sp³-hybridized carbons (Fsp3) is 0.286. The van der Waals surface area contributed by atoms with E-state index < -0.39 is 0 Å². The van der Waals surface area contributed by atoms with Crippen molar-refractivity contribution in [3.8, 4) is 5.75 Å². The van der Waals surface area contributed by atoms with Gasteiger partial charge in [-0.3, -0.25) is 9.78 Å². The highest BCUT2D eigenvalue weighted by molar-refractivity contribution is 5.97. The lowest BCUT2D eigenvalue weighted by Gasteiger charge is -2.05. The molecule has 4 heteroatoms. The molecule has 0 spiro atoms. The van der Waals surface area contributed by atoms with E-state index in [4.69, 9.17) is 4.74 Å². The first kappa shape index (κ1) is 12.4. The van der Waals surface area contributed by atoms with Crippen molar-refractivity contribution in [2.75, 3.05) is 13.7 Å². The van der Waals surface area contributed by atoms with Crippen molar-refractivity contribution < 1.29 is 9.53 Å². The molecule has 18 heavy (non-hydrogen) atoms. The van der Waals surface area contributed by atoms with Crippen LogP contribution in [0.2, 0.25) is 0 Å². The van der Waals surface area contributed by atoms with Gasteiger partial charge in [-0.25, -0.2) is 0 Å². The second kappa shape index (κ2) is 5.49. The van der Waals surface area contributed by atoms with Crippen LogP contribution in [0.4, 0.5) is 0 Å². The first-order valence-electron chi connectivity index (χ1n) is 5.96. The van der Waals surface area contributed by atoms with E-state index in [9.17, 15) is 4.79 Å². The first-order valence-corrected chi connectivity index (χ1v) is 5.96. The number of nitrogens with one attached hydrogen (secondary N) is 1. The third-order valence-corrected chi connectivity index (χ3v) is 2.69. The second-order valence-corrected chi connectivity index (χ2v) is 4.04. The van der Waals surface area contributed by atoms with Crippen molar-refractivity contribution >= 4 is 16.8 Å². The standard InChI is InChI=1S/C14H16N2O2/c1-3-6-15-14(17)11-7-10-4-5-12(18-2)8-13(10)16-9-11/h4-5,7-9H,3,6H2,1-2H3,(H,15,17). The van der Waals surface area contributed by atoms with Gasteiger partial charge in [0.15, 0.2) is 0 Å². The highest BCUT2D eigenvalue weighted by Crippen LogP contribution is 2.19. The summed E-state index contributed by atoms with van der Waals surface area (Å²) in [6.07, 6.45) is 2.51. The molecule has 0 saturated heterocycles. The average molecular weight is 244 g/mol. The molecule has 0 saturated carbocycles. The smallest absolute Gasteiger partial charge is 0.252 e. The zero-order chi connectivity index (χ0) is 13.0. The van der Waals surface area contributed by atoms with Crippen LogP contribution in [0.25, 0.3) is 10.9 Å². The van der Waals surface area contributed by atoms with Gasteiger partial charge >= 0.3 is 0 Å². The molecule has 0 atom stereocenters. The van der Waals surface area contributed by atoms with Gasteiger partial charge in [-0.05, 0) is 24.6 Å². The van der Waals surface area contributed by atoms with Crippen molar-refractivity contribution in [3.63, 3.8) is 0 Å². The number of fused-ring (bicyclic) bond motifs is 1. The number of carbonyl (C=O) groups excluding carboxylic acids is 1. The molecular weight excluding hydrogens is 228 g/mol. The summed E-state index contributed by atoms with van der Waals surface area (Å²) in [6, 6.07) is 7.45. The highest BCUT2D eigenvalue weighted by atomic mass is 16.5. The minimum absolute atomic E-state index is 0.0814. The van der Waals surface area contributed by atoms with E-state index in [0.717, 1.165) is 23.1 Å². The molecule has 0 bridgehead atoms. The third-order valence-electron chi connectivity index (χ3n) is 2.69. The molecule has 0 aliphatic carbocycles. The van der Waals surface area contributed by atoms with E-state index >= 15 is 0 Å². The number of amides is 1. The van der Waals surface area contributed by atoms with Crippen LogP contribution in [0.15, 0.2) is 30.5 Å². The number of methoxy groups -OCH3 is 1. The predicted molar refractivity (Wildman–Crippen MR) is 70.9 cm³/mol. The lowest BCUT2D eigenvalue weighted by atomic mass is 10.1. The summed E-state index contributed by atoms with van der Waals surface area (Å²) in [5.74, 6) is 0.681. The minimum atomic E-state index is -0.0814. The van der Waals surface area contributed by atoms with Crippen molar-refractivity contribution in [2.24, 2.45) is 0 Å².